The lowest BCUT2D eigenvalue weighted by Crippen LogP contribution is -2.07. The van der Waals surface area contributed by atoms with Crippen LogP contribution < -0.4 is 4.74 Å². The minimum atomic E-state index is -4.47. The maximum Gasteiger partial charge on any atom is 0.420 e. The molecule has 0 aliphatic heterocycles. The van der Waals surface area contributed by atoms with Gasteiger partial charge in [-0.25, -0.2) is 0 Å². The lowest BCUT2D eigenvalue weighted by molar-refractivity contribution is -0.138. The number of hydrogen-bond donors (Lipinski definition) is 0. The molecule has 0 radical (unpaired) electrons. The van der Waals surface area contributed by atoms with Crippen LogP contribution >= 0.6 is 12.2 Å². The monoisotopic (exact) mass is 233 g/mol. The fraction of sp³-hybridized carbons (Fsp3) is 0.222. The van der Waals surface area contributed by atoms with Gasteiger partial charge in [-0.05, 0) is 30.4 Å². The maximum absolute atomic E-state index is 12.5. The zero-order valence-electron chi connectivity index (χ0n) is 7.63. The summed E-state index contributed by atoms with van der Waals surface area (Å²) in [5, 5.41) is 2.00. The number of alkyl halides is 3. The molecule has 0 heterocycles. The van der Waals surface area contributed by atoms with Crippen molar-refractivity contribution in [1.82, 2.24) is 0 Å². The molecule has 2 nitrogen and oxygen atoms in total. The van der Waals surface area contributed by atoms with Gasteiger partial charge in [-0.1, -0.05) is 0 Å². The summed E-state index contributed by atoms with van der Waals surface area (Å²) in [6.45, 7) is 0. The Balaban J connectivity index is 3.31. The Morgan fingerprint density at radius 1 is 1.40 bits per heavy atom. The largest absolute Gasteiger partial charge is 0.496 e. The van der Waals surface area contributed by atoms with Gasteiger partial charge >= 0.3 is 6.18 Å². The van der Waals surface area contributed by atoms with Gasteiger partial charge in [0.1, 0.15) is 5.75 Å². The van der Waals surface area contributed by atoms with Crippen molar-refractivity contribution >= 4 is 23.1 Å². The van der Waals surface area contributed by atoms with Crippen LogP contribution in [0.4, 0.5) is 18.9 Å². The summed E-state index contributed by atoms with van der Waals surface area (Å²) in [7, 11) is 1.17. The van der Waals surface area contributed by atoms with Crippen molar-refractivity contribution in [3.8, 4) is 5.75 Å². The minimum Gasteiger partial charge on any atom is -0.496 e. The van der Waals surface area contributed by atoms with Gasteiger partial charge < -0.3 is 4.74 Å². The molecule has 0 unspecified atom stereocenters. The van der Waals surface area contributed by atoms with Crippen LogP contribution in [0.5, 0.6) is 5.75 Å². The van der Waals surface area contributed by atoms with Gasteiger partial charge in [0.15, 0.2) is 0 Å². The van der Waals surface area contributed by atoms with Gasteiger partial charge in [0.05, 0.1) is 23.5 Å². The first-order valence-corrected chi connectivity index (χ1v) is 4.23. The highest BCUT2D eigenvalue weighted by Crippen LogP contribution is 2.38. The molecule has 0 bridgehead atoms. The molecule has 0 aliphatic carbocycles. The van der Waals surface area contributed by atoms with E-state index < -0.39 is 11.7 Å². The smallest absolute Gasteiger partial charge is 0.420 e. The Kier molecular flexibility index (Phi) is 3.44. The first kappa shape index (κ1) is 11.7. The molecule has 0 fully saturated rings. The van der Waals surface area contributed by atoms with Crippen molar-refractivity contribution in [2.45, 2.75) is 6.18 Å². The average Bonchev–Trinajstić information content (AvgIpc) is 2.17. The highest BCUT2D eigenvalue weighted by Gasteiger charge is 2.34. The van der Waals surface area contributed by atoms with Gasteiger partial charge in [-0.2, -0.15) is 18.2 Å². The second-order valence-corrected chi connectivity index (χ2v) is 2.77. The third-order valence-electron chi connectivity index (χ3n) is 1.66. The summed E-state index contributed by atoms with van der Waals surface area (Å²) >= 11 is 4.30. The van der Waals surface area contributed by atoms with Gasteiger partial charge in [0.2, 0.25) is 0 Å². The number of isothiocyanates is 1. The van der Waals surface area contributed by atoms with Crippen LogP contribution in [0.25, 0.3) is 0 Å². The summed E-state index contributed by atoms with van der Waals surface area (Å²) in [6.07, 6.45) is -4.47. The molecule has 0 amide bonds. The van der Waals surface area contributed by atoms with Gasteiger partial charge in [0.25, 0.3) is 0 Å². The molecule has 0 spiro atoms. The molecule has 1 rings (SSSR count). The molecule has 0 aromatic heterocycles. The average molecular weight is 233 g/mol. The Morgan fingerprint density at radius 2 is 2.07 bits per heavy atom. The molecule has 1 aromatic carbocycles. The number of benzene rings is 1. The number of hydrogen-bond acceptors (Lipinski definition) is 3. The number of methoxy groups -OCH3 is 1. The SMILES string of the molecule is COc1ccc(N=C=S)cc1C(F)(F)F. The number of rotatable bonds is 2. The van der Waals surface area contributed by atoms with Crippen LogP contribution in [0.2, 0.25) is 0 Å². The van der Waals surface area contributed by atoms with E-state index in [-0.39, 0.29) is 11.4 Å². The molecule has 0 saturated carbocycles. The Labute approximate surface area is 89.4 Å². The number of ether oxygens (including phenoxy) is 1. The molecule has 0 atom stereocenters. The van der Waals surface area contributed by atoms with Crippen LogP contribution in [0.15, 0.2) is 23.2 Å². The maximum atomic E-state index is 12.5. The van der Waals surface area contributed by atoms with E-state index in [1.54, 1.807) is 0 Å². The molecular weight excluding hydrogens is 227 g/mol. The third-order valence-corrected chi connectivity index (χ3v) is 1.75. The van der Waals surface area contributed by atoms with Crippen LogP contribution in [0.3, 0.4) is 0 Å². The van der Waals surface area contributed by atoms with Crippen LogP contribution in [0.1, 0.15) is 5.56 Å². The Morgan fingerprint density at radius 3 is 2.53 bits per heavy atom. The first-order chi connectivity index (χ1) is 6.99. The van der Waals surface area contributed by atoms with Crippen molar-refractivity contribution in [3.63, 3.8) is 0 Å². The number of nitrogens with zero attached hydrogens (tertiary/aromatic N) is 1. The number of aliphatic imine (C=N–C) groups is 1. The van der Waals surface area contributed by atoms with Gasteiger partial charge in [0, 0.05) is 0 Å². The fourth-order valence-electron chi connectivity index (χ4n) is 1.04. The van der Waals surface area contributed by atoms with E-state index in [0.717, 1.165) is 6.07 Å². The van der Waals surface area contributed by atoms with Gasteiger partial charge in [-0.3, -0.25) is 0 Å². The van der Waals surface area contributed by atoms with E-state index in [2.05, 4.69) is 21.9 Å². The summed E-state index contributed by atoms with van der Waals surface area (Å²) in [5.41, 5.74) is -0.783. The van der Waals surface area contributed by atoms with Crippen molar-refractivity contribution in [1.29, 1.82) is 0 Å². The lowest BCUT2D eigenvalue weighted by atomic mass is 10.1. The predicted molar refractivity (Wildman–Crippen MR) is 52.7 cm³/mol. The topological polar surface area (TPSA) is 21.6 Å². The van der Waals surface area contributed by atoms with Gasteiger partial charge in [-0.15, -0.1) is 0 Å². The molecule has 0 aliphatic rings. The Bertz CT molecular complexity index is 410. The Hall–Kier alpha value is -1.39. The molecule has 80 valence electrons. The fourth-order valence-corrected chi connectivity index (χ4v) is 1.15. The minimum absolute atomic E-state index is 0.0955. The number of halogens is 3. The summed E-state index contributed by atoms with van der Waals surface area (Å²) in [6, 6.07) is 3.42. The van der Waals surface area contributed by atoms with E-state index in [4.69, 9.17) is 0 Å². The second-order valence-electron chi connectivity index (χ2n) is 2.59. The molecule has 0 N–H and O–H groups in total. The molecule has 6 heteroatoms. The quantitative estimate of drug-likeness (QED) is 0.576. The third kappa shape index (κ3) is 2.78. The summed E-state index contributed by atoms with van der Waals surface area (Å²) in [4.78, 5) is 3.47. The zero-order chi connectivity index (χ0) is 11.5. The summed E-state index contributed by atoms with van der Waals surface area (Å²) in [5.74, 6) is -0.245. The van der Waals surface area contributed by atoms with E-state index in [9.17, 15) is 13.2 Å². The molecular formula is C9H6F3NOS. The molecule has 15 heavy (non-hydrogen) atoms. The molecule has 1 aromatic rings. The second kappa shape index (κ2) is 4.42. The van der Waals surface area contributed by atoms with E-state index in [1.165, 1.54) is 19.2 Å². The van der Waals surface area contributed by atoms with E-state index in [0.29, 0.717) is 0 Å². The lowest BCUT2D eigenvalue weighted by Gasteiger charge is -2.11. The molecule has 0 saturated heterocycles. The highest BCUT2D eigenvalue weighted by atomic mass is 32.1. The van der Waals surface area contributed by atoms with Crippen LogP contribution in [0, 0.1) is 0 Å². The normalized spacial score (nSPS) is 10.7. The van der Waals surface area contributed by atoms with Crippen molar-refractivity contribution in [3.05, 3.63) is 23.8 Å². The van der Waals surface area contributed by atoms with Crippen LogP contribution in [-0.4, -0.2) is 12.3 Å². The summed E-state index contributed by atoms with van der Waals surface area (Å²) < 4.78 is 42.1. The van der Waals surface area contributed by atoms with Crippen molar-refractivity contribution in [2.24, 2.45) is 4.99 Å². The van der Waals surface area contributed by atoms with Crippen molar-refractivity contribution < 1.29 is 17.9 Å². The van der Waals surface area contributed by atoms with E-state index >= 15 is 0 Å². The van der Waals surface area contributed by atoms with Crippen molar-refractivity contribution in [2.75, 3.05) is 7.11 Å². The first-order valence-electron chi connectivity index (χ1n) is 3.82. The standard InChI is InChI=1S/C9H6F3NOS/c1-14-8-3-2-6(13-5-15)4-7(8)9(10,11)12/h2-4H,1H3. The highest BCUT2D eigenvalue weighted by molar-refractivity contribution is 7.78. The van der Waals surface area contributed by atoms with Crippen LogP contribution in [-0.2, 0) is 6.18 Å². The zero-order valence-corrected chi connectivity index (χ0v) is 8.45. The predicted octanol–water partition coefficient (Wildman–Crippen LogP) is 3.45. The van der Waals surface area contributed by atoms with E-state index in [1.807, 2.05) is 5.16 Å². The number of thiocarbonyl (C=S) groups is 1.